The van der Waals surface area contributed by atoms with Gasteiger partial charge in [-0.1, -0.05) is 48.3 Å². The van der Waals surface area contributed by atoms with E-state index in [-0.39, 0.29) is 24.3 Å². The van der Waals surface area contributed by atoms with Crippen molar-refractivity contribution in [2.24, 2.45) is 0 Å². The second-order valence-corrected chi connectivity index (χ2v) is 8.90. The van der Waals surface area contributed by atoms with Gasteiger partial charge in [-0.15, -0.1) is 0 Å². The van der Waals surface area contributed by atoms with Crippen molar-refractivity contribution >= 4 is 40.7 Å². The molecule has 2 aromatic rings. The molecule has 2 amide bonds. The van der Waals surface area contributed by atoms with Crippen LogP contribution in [0.1, 0.15) is 44.2 Å². The fourth-order valence-corrected chi connectivity index (χ4v) is 5.07. The van der Waals surface area contributed by atoms with Crippen molar-refractivity contribution in [1.29, 1.82) is 0 Å². The topological polar surface area (TPSA) is 70.7 Å². The van der Waals surface area contributed by atoms with Gasteiger partial charge < -0.3 is 15.4 Å². The minimum Gasteiger partial charge on any atom is -0.365 e. The van der Waals surface area contributed by atoms with E-state index in [9.17, 15) is 9.59 Å². The molecule has 2 N–H and O–H groups in total. The minimum absolute atomic E-state index is 0.0236. The highest BCUT2D eigenvalue weighted by Crippen LogP contribution is 2.60. The smallest absolute Gasteiger partial charge is 0.238 e. The Bertz CT molecular complexity index is 975. The number of halogens is 2. The van der Waals surface area contributed by atoms with Gasteiger partial charge in [0.1, 0.15) is 11.0 Å². The molecule has 2 unspecified atom stereocenters. The molecule has 166 valence electrons. The fraction of sp³-hybridized carbons (Fsp3) is 0.417. The van der Waals surface area contributed by atoms with Crippen molar-refractivity contribution in [3.05, 3.63) is 63.6 Å². The zero-order chi connectivity index (χ0) is 22.8. The van der Waals surface area contributed by atoms with Gasteiger partial charge in [0.15, 0.2) is 0 Å². The van der Waals surface area contributed by atoms with Crippen LogP contribution in [0.2, 0.25) is 10.0 Å². The molecule has 1 fully saturated rings. The molecular formula is C24H28Cl2N2O3. The Hall–Kier alpha value is -2.08. The van der Waals surface area contributed by atoms with Crippen molar-refractivity contribution in [2.45, 2.75) is 57.2 Å². The van der Waals surface area contributed by atoms with Crippen LogP contribution in [-0.2, 0) is 19.7 Å². The number of aryl methyl sites for hydroxylation is 1. The molecule has 0 radical (unpaired) electrons. The largest absolute Gasteiger partial charge is 0.365 e. The Balaban J connectivity index is 0.000000287. The second-order valence-electron chi connectivity index (χ2n) is 8.02. The Kier molecular flexibility index (Phi) is 6.99. The number of hydrogen-bond donors (Lipinski definition) is 2. The molecule has 4 rings (SSSR count). The minimum atomic E-state index is -0.854. The maximum absolute atomic E-state index is 13.0. The summed E-state index contributed by atoms with van der Waals surface area (Å²) in [6.07, 6.45) is 1.36. The first kappa shape index (κ1) is 23.6. The van der Waals surface area contributed by atoms with E-state index in [1.54, 1.807) is 19.2 Å². The van der Waals surface area contributed by atoms with Crippen molar-refractivity contribution in [3.8, 4) is 0 Å². The molecule has 0 spiro atoms. The molecule has 5 nitrogen and oxygen atoms in total. The highest BCUT2D eigenvalue weighted by molar-refractivity contribution is 6.31. The van der Waals surface area contributed by atoms with Crippen LogP contribution >= 0.6 is 23.2 Å². The normalized spacial score (nSPS) is 25.7. The summed E-state index contributed by atoms with van der Waals surface area (Å²) in [4.78, 5) is 24.8. The van der Waals surface area contributed by atoms with E-state index in [1.165, 1.54) is 5.56 Å². The summed E-state index contributed by atoms with van der Waals surface area (Å²) in [5, 5.41) is 6.94. The molecule has 0 aromatic heterocycles. The number of rotatable bonds is 5. The Morgan fingerprint density at radius 2 is 1.87 bits per heavy atom. The number of hydrogen-bond acceptors (Lipinski definition) is 3. The van der Waals surface area contributed by atoms with Crippen LogP contribution < -0.4 is 10.6 Å². The summed E-state index contributed by atoms with van der Waals surface area (Å²) in [5.41, 5.74) is 1.38. The first-order valence-corrected chi connectivity index (χ1v) is 11.2. The van der Waals surface area contributed by atoms with E-state index < -0.39 is 11.0 Å². The SMILES string of the molecule is CCC1([C@]2(CCC(=O)NC)C(=O)Nc3cc(Cl)ccc32)OC1C.Cc1cccc(Cl)c1. The third kappa shape index (κ3) is 4.32. The molecule has 2 aliphatic heterocycles. The summed E-state index contributed by atoms with van der Waals surface area (Å²) < 4.78 is 5.94. The third-order valence-electron chi connectivity index (χ3n) is 6.30. The van der Waals surface area contributed by atoms with E-state index in [4.69, 9.17) is 27.9 Å². The summed E-state index contributed by atoms with van der Waals surface area (Å²) >= 11 is 11.7. The molecule has 2 aromatic carbocycles. The highest BCUT2D eigenvalue weighted by atomic mass is 35.5. The van der Waals surface area contributed by atoms with E-state index in [0.29, 0.717) is 17.9 Å². The van der Waals surface area contributed by atoms with E-state index in [2.05, 4.69) is 10.6 Å². The number of fused-ring (bicyclic) bond motifs is 1. The summed E-state index contributed by atoms with van der Waals surface area (Å²) in [6, 6.07) is 13.2. The molecule has 31 heavy (non-hydrogen) atoms. The molecule has 1 saturated heterocycles. The van der Waals surface area contributed by atoms with Gasteiger partial charge >= 0.3 is 0 Å². The predicted molar refractivity (Wildman–Crippen MR) is 125 cm³/mol. The maximum atomic E-state index is 13.0. The zero-order valence-electron chi connectivity index (χ0n) is 18.2. The van der Waals surface area contributed by atoms with Gasteiger partial charge in [-0.25, -0.2) is 0 Å². The lowest BCUT2D eigenvalue weighted by Gasteiger charge is -2.34. The molecular weight excluding hydrogens is 435 g/mol. The van der Waals surface area contributed by atoms with Crippen molar-refractivity contribution < 1.29 is 14.3 Å². The first-order chi connectivity index (χ1) is 14.7. The van der Waals surface area contributed by atoms with Gasteiger partial charge in [-0.05, 0) is 62.1 Å². The van der Waals surface area contributed by atoms with Crippen molar-refractivity contribution in [2.75, 3.05) is 12.4 Å². The van der Waals surface area contributed by atoms with Gasteiger partial charge in [0, 0.05) is 29.2 Å². The summed E-state index contributed by atoms with van der Waals surface area (Å²) in [5.74, 6) is -0.191. The van der Waals surface area contributed by atoms with Crippen molar-refractivity contribution in [3.63, 3.8) is 0 Å². The van der Waals surface area contributed by atoms with Crippen LogP contribution in [0.5, 0.6) is 0 Å². The predicted octanol–water partition coefficient (Wildman–Crippen LogP) is 5.27. The second kappa shape index (κ2) is 9.19. The maximum Gasteiger partial charge on any atom is 0.238 e. The van der Waals surface area contributed by atoms with Gasteiger partial charge in [0.2, 0.25) is 11.8 Å². The summed E-state index contributed by atoms with van der Waals surface area (Å²) in [7, 11) is 1.60. The number of carbonyl (C=O) groups excluding carboxylic acids is 2. The van der Waals surface area contributed by atoms with Crippen LogP contribution in [-0.4, -0.2) is 30.6 Å². The van der Waals surface area contributed by atoms with E-state index in [1.807, 2.05) is 51.1 Å². The quantitative estimate of drug-likeness (QED) is 0.594. The number of epoxide rings is 1. The van der Waals surface area contributed by atoms with Crippen molar-refractivity contribution in [1.82, 2.24) is 5.32 Å². The fourth-order valence-electron chi connectivity index (χ4n) is 4.66. The molecule has 7 heteroatoms. The van der Waals surface area contributed by atoms with E-state index in [0.717, 1.165) is 16.3 Å². The molecule has 2 heterocycles. The Labute approximate surface area is 193 Å². The van der Waals surface area contributed by atoms with Crippen LogP contribution in [0.3, 0.4) is 0 Å². The monoisotopic (exact) mass is 462 g/mol. The highest BCUT2D eigenvalue weighted by Gasteiger charge is 2.71. The third-order valence-corrected chi connectivity index (χ3v) is 6.77. The number of nitrogens with one attached hydrogen (secondary N) is 2. The lowest BCUT2D eigenvalue weighted by molar-refractivity contribution is -0.125. The number of amides is 2. The van der Waals surface area contributed by atoms with Gasteiger partial charge in [0.05, 0.1) is 6.10 Å². The lowest BCUT2D eigenvalue weighted by Crippen LogP contribution is -2.49. The number of ether oxygens (including phenoxy) is 1. The van der Waals surface area contributed by atoms with Crippen LogP contribution in [0.25, 0.3) is 0 Å². The van der Waals surface area contributed by atoms with Crippen LogP contribution in [0.15, 0.2) is 42.5 Å². The first-order valence-electron chi connectivity index (χ1n) is 10.4. The number of anilines is 1. The Morgan fingerprint density at radius 1 is 1.19 bits per heavy atom. The summed E-state index contributed by atoms with van der Waals surface area (Å²) in [6.45, 7) is 6.02. The van der Waals surface area contributed by atoms with Gasteiger partial charge in [0.25, 0.3) is 0 Å². The van der Waals surface area contributed by atoms with E-state index >= 15 is 0 Å². The molecule has 0 aliphatic carbocycles. The Morgan fingerprint density at radius 3 is 2.39 bits per heavy atom. The molecule has 3 atom stereocenters. The number of carbonyl (C=O) groups is 2. The zero-order valence-corrected chi connectivity index (χ0v) is 19.7. The number of benzene rings is 2. The molecule has 0 saturated carbocycles. The van der Waals surface area contributed by atoms with Gasteiger partial charge in [-0.2, -0.15) is 0 Å². The molecule has 2 aliphatic rings. The lowest BCUT2D eigenvalue weighted by atomic mass is 9.65. The van der Waals surface area contributed by atoms with Crippen LogP contribution in [0, 0.1) is 6.92 Å². The average Bonchev–Trinajstić information content (AvgIpc) is 3.32. The van der Waals surface area contributed by atoms with Crippen LogP contribution in [0.4, 0.5) is 5.69 Å². The standard InChI is InChI=1S/C17H21ClN2O3.C7H7Cl/c1-4-17(10(2)23-17)16(8-7-14(21)19-3)12-6-5-11(18)9-13(12)20-15(16)22;1-6-3-2-4-7(8)5-6/h5-6,9-10H,4,7-8H2,1-3H3,(H,19,21)(H,20,22);2-5H,1H3/t10?,16-,17?;/m0./s1. The average molecular weight is 463 g/mol. The molecule has 0 bridgehead atoms. The van der Waals surface area contributed by atoms with Gasteiger partial charge in [-0.3, -0.25) is 9.59 Å².